The number of fused-ring (bicyclic) bond motifs is 13. The molecule has 13 aromatic rings. The van der Waals surface area contributed by atoms with Crippen molar-refractivity contribution in [3.05, 3.63) is 200 Å². The summed E-state index contributed by atoms with van der Waals surface area (Å²) in [5.74, 6) is 0. The van der Waals surface area contributed by atoms with Gasteiger partial charge in [-0.25, -0.2) is 4.98 Å². The fraction of sp³-hybridized carbons (Fsp3) is 0. The Kier molecular flexibility index (Phi) is 6.69. The summed E-state index contributed by atoms with van der Waals surface area (Å²) in [6, 6.07) is 72.0. The monoisotopic (exact) mass is 751 g/mol. The van der Waals surface area contributed by atoms with Crippen molar-refractivity contribution in [2.24, 2.45) is 0 Å². The van der Waals surface area contributed by atoms with Crippen molar-refractivity contribution in [3.63, 3.8) is 0 Å². The minimum atomic E-state index is 0.879. The number of rotatable bonds is 4. The summed E-state index contributed by atoms with van der Waals surface area (Å²) in [6.07, 6.45) is 0. The van der Waals surface area contributed by atoms with Gasteiger partial charge in [0.15, 0.2) is 0 Å². The summed E-state index contributed by atoms with van der Waals surface area (Å²) in [4.78, 5) is 5.50. The lowest BCUT2D eigenvalue weighted by Crippen LogP contribution is -2.00. The van der Waals surface area contributed by atoms with Crippen LogP contribution in [0, 0.1) is 0 Å². The molecule has 4 nitrogen and oxygen atoms in total. The minimum absolute atomic E-state index is 0.879. The molecule has 9 aromatic carbocycles. The third kappa shape index (κ3) is 4.69. The van der Waals surface area contributed by atoms with Gasteiger partial charge in [-0.3, -0.25) is 0 Å². The molecule has 4 aromatic heterocycles. The fourth-order valence-electron chi connectivity index (χ4n) is 9.73. The predicted molar refractivity (Wildman–Crippen MR) is 246 cm³/mol. The lowest BCUT2D eigenvalue weighted by atomic mass is 9.94. The van der Waals surface area contributed by atoms with Crippen molar-refractivity contribution in [3.8, 4) is 33.8 Å². The van der Waals surface area contributed by atoms with E-state index in [-0.39, 0.29) is 0 Å². The van der Waals surface area contributed by atoms with Gasteiger partial charge in [-0.15, -0.1) is 0 Å². The summed E-state index contributed by atoms with van der Waals surface area (Å²) < 4.78 is 11.3. The van der Waals surface area contributed by atoms with E-state index in [1.165, 1.54) is 43.6 Å². The van der Waals surface area contributed by atoms with Crippen molar-refractivity contribution >= 4 is 87.2 Å². The van der Waals surface area contributed by atoms with E-state index in [0.717, 1.165) is 77.4 Å². The first-order valence-corrected chi connectivity index (χ1v) is 20.1. The Bertz CT molecular complexity index is 3610. The molecule has 0 saturated carbocycles. The largest absolute Gasteiger partial charge is 0.456 e. The van der Waals surface area contributed by atoms with Gasteiger partial charge in [-0.1, -0.05) is 133 Å². The Morgan fingerprint density at radius 2 is 0.831 bits per heavy atom. The highest BCUT2D eigenvalue weighted by atomic mass is 16.3. The smallest absolute Gasteiger partial charge is 0.136 e. The van der Waals surface area contributed by atoms with Gasteiger partial charge in [0.25, 0.3) is 0 Å². The van der Waals surface area contributed by atoms with Crippen molar-refractivity contribution in [2.45, 2.75) is 0 Å². The Labute approximate surface area is 338 Å². The molecule has 4 heterocycles. The standard InChI is InChI=1S/C55H33N3O/c1-2-14-34(15-3-1)55-45-28-29-52-54(44-20-8-13-25-51(44)59-52)53(45)43-27-26-35(32-46(43)56-55)36-30-37(57-47-21-9-4-16-39(47)40-17-5-10-22-48(40)57)33-38(31-36)58-49-23-11-6-18-41(49)42-19-7-12-24-50(42)58/h1-33H. The summed E-state index contributed by atoms with van der Waals surface area (Å²) in [6.45, 7) is 0. The van der Waals surface area contributed by atoms with Crippen LogP contribution in [0.5, 0.6) is 0 Å². The highest BCUT2D eigenvalue weighted by Crippen LogP contribution is 2.43. The highest BCUT2D eigenvalue weighted by molar-refractivity contribution is 6.28. The van der Waals surface area contributed by atoms with E-state index in [1.807, 2.05) is 6.07 Å². The molecule has 0 N–H and O–H groups in total. The van der Waals surface area contributed by atoms with E-state index in [9.17, 15) is 0 Å². The van der Waals surface area contributed by atoms with Crippen LogP contribution in [-0.4, -0.2) is 14.1 Å². The number of benzene rings is 9. The maximum Gasteiger partial charge on any atom is 0.136 e. The Hall–Kier alpha value is -7.95. The second-order valence-corrected chi connectivity index (χ2v) is 15.5. The van der Waals surface area contributed by atoms with E-state index in [4.69, 9.17) is 9.40 Å². The molecule has 0 fully saturated rings. The third-order valence-corrected chi connectivity index (χ3v) is 12.3. The summed E-state index contributed by atoms with van der Waals surface area (Å²) in [5.41, 5.74) is 13.8. The molecule has 0 aliphatic rings. The van der Waals surface area contributed by atoms with E-state index in [1.54, 1.807) is 0 Å². The van der Waals surface area contributed by atoms with Crippen molar-refractivity contribution in [2.75, 3.05) is 0 Å². The first kappa shape index (κ1) is 32.2. The van der Waals surface area contributed by atoms with Crippen LogP contribution in [0.4, 0.5) is 0 Å². The second-order valence-electron chi connectivity index (χ2n) is 15.5. The van der Waals surface area contributed by atoms with Crippen LogP contribution in [0.3, 0.4) is 0 Å². The zero-order valence-corrected chi connectivity index (χ0v) is 31.8. The predicted octanol–water partition coefficient (Wildman–Crippen LogP) is 14.8. The Morgan fingerprint density at radius 3 is 1.42 bits per heavy atom. The molecule has 0 aliphatic heterocycles. The van der Waals surface area contributed by atoms with Gasteiger partial charge in [-0.05, 0) is 77.9 Å². The molecule has 274 valence electrons. The number of para-hydroxylation sites is 5. The van der Waals surface area contributed by atoms with Crippen LogP contribution >= 0.6 is 0 Å². The molecule has 0 bridgehead atoms. The normalized spacial score (nSPS) is 12.1. The molecule has 0 atom stereocenters. The van der Waals surface area contributed by atoms with Gasteiger partial charge in [0.2, 0.25) is 0 Å². The van der Waals surface area contributed by atoms with Gasteiger partial charge in [0.1, 0.15) is 11.2 Å². The molecular weight excluding hydrogens is 719 g/mol. The first-order valence-electron chi connectivity index (χ1n) is 20.1. The average molecular weight is 752 g/mol. The second kappa shape index (κ2) is 12.3. The van der Waals surface area contributed by atoms with E-state index < -0.39 is 0 Å². The Balaban J connectivity index is 1.13. The molecule has 0 saturated heterocycles. The van der Waals surface area contributed by atoms with Crippen LogP contribution in [0.1, 0.15) is 0 Å². The van der Waals surface area contributed by atoms with Crippen LogP contribution in [0.15, 0.2) is 205 Å². The Morgan fingerprint density at radius 1 is 0.322 bits per heavy atom. The van der Waals surface area contributed by atoms with Crippen molar-refractivity contribution < 1.29 is 4.42 Å². The number of hydrogen-bond acceptors (Lipinski definition) is 2. The molecular formula is C55H33N3O. The molecule has 0 amide bonds. The summed E-state index contributed by atoms with van der Waals surface area (Å²) >= 11 is 0. The molecule has 0 spiro atoms. The van der Waals surface area contributed by atoms with Crippen molar-refractivity contribution in [1.29, 1.82) is 0 Å². The number of furan rings is 1. The molecule has 0 radical (unpaired) electrons. The minimum Gasteiger partial charge on any atom is -0.456 e. The molecule has 0 aliphatic carbocycles. The van der Waals surface area contributed by atoms with Crippen molar-refractivity contribution in [1.82, 2.24) is 14.1 Å². The zero-order chi connectivity index (χ0) is 38.6. The topological polar surface area (TPSA) is 35.9 Å². The van der Waals surface area contributed by atoms with Gasteiger partial charge in [0.05, 0.1) is 33.3 Å². The lowest BCUT2D eigenvalue weighted by molar-refractivity contribution is 0.669. The average Bonchev–Trinajstić information content (AvgIpc) is 3.97. The first-order chi connectivity index (χ1) is 29.3. The van der Waals surface area contributed by atoms with E-state index >= 15 is 0 Å². The molecule has 0 unspecified atom stereocenters. The number of nitrogens with zero attached hydrogens (tertiary/aromatic N) is 3. The quantitative estimate of drug-likeness (QED) is 0.168. The zero-order valence-electron chi connectivity index (χ0n) is 31.8. The van der Waals surface area contributed by atoms with Crippen LogP contribution < -0.4 is 0 Å². The number of aromatic nitrogens is 3. The third-order valence-electron chi connectivity index (χ3n) is 12.3. The summed E-state index contributed by atoms with van der Waals surface area (Å²) in [7, 11) is 0. The molecule has 4 heteroatoms. The van der Waals surface area contributed by atoms with Gasteiger partial charge < -0.3 is 13.6 Å². The summed E-state index contributed by atoms with van der Waals surface area (Å²) in [5, 5.41) is 10.5. The maximum atomic E-state index is 6.44. The number of pyridine rings is 1. The number of hydrogen-bond donors (Lipinski definition) is 0. The molecule has 13 rings (SSSR count). The van der Waals surface area contributed by atoms with Gasteiger partial charge >= 0.3 is 0 Å². The van der Waals surface area contributed by atoms with Gasteiger partial charge in [0, 0.05) is 65.4 Å². The van der Waals surface area contributed by atoms with Crippen LogP contribution in [-0.2, 0) is 0 Å². The highest BCUT2D eigenvalue weighted by Gasteiger charge is 2.20. The lowest BCUT2D eigenvalue weighted by Gasteiger charge is -2.17. The van der Waals surface area contributed by atoms with Crippen LogP contribution in [0.2, 0.25) is 0 Å². The van der Waals surface area contributed by atoms with Gasteiger partial charge in [-0.2, -0.15) is 0 Å². The van der Waals surface area contributed by atoms with Crippen LogP contribution in [0.25, 0.3) is 121 Å². The van der Waals surface area contributed by atoms with E-state index in [2.05, 4.69) is 203 Å². The SMILES string of the molecule is c1ccc(-c2nc3cc(-c4cc(-n5c6ccccc6c6ccccc65)cc(-n5c6ccccc6c6ccccc65)c4)ccc3c3c2ccc2oc4ccccc4c23)cc1. The maximum absolute atomic E-state index is 6.44. The fourth-order valence-corrected chi connectivity index (χ4v) is 9.73. The molecule has 59 heavy (non-hydrogen) atoms. The van der Waals surface area contributed by atoms with E-state index in [0.29, 0.717) is 0 Å².